The summed E-state index contributed by atoms with van der Waals surface area (Å²) in [6.45, 7) is 7.08. The molecule has 0 atom stereocenters. The molecule has 150 valence electrons. The second kappa shape index (κ2) is 8.59. The van der Waals surface area contributed by atoms with E-state index < -0.39 is 10.0 Å². The fourth-order valence-electron chi connectivity index (χ4n) is 3.01. The number of hydrogen-bond donors (Lipinski definition) is 0. The second-order valence-corrected chi connectivity index (χ2v) is 9.70. The SMILES string of the molecule is Cc1ccc(S(=O)(=O)N2CCN(C(=O)CSc3nc(C)cc(C)n3)CC2)cc1. The largest absolute Gasteiger partial charge is 0.339 e. The monoisotopic (exact) mass is 420 g/mol. The lowest BCUT2D eigenvalue weighted by atomic mass is 10.2. The molecule has 0 unspecified atom stereocenters. The molecule has 1 aliphatic rings. The van der Waals surface area contributed by atoms with Gasteiger partial charge in [-0.05, 0) is 39.0 Å². The third kappa shape index (κ3) is 4.89. The van der Waals surface area contributed by atoms with E-state index in [1.54, 1.807) is 29.2 Å². The highest BCUT2D eigenvalue weighted by Gasteiger charge is 2.30. The summed E-state index contributed by atoms with van der Waals surface area (Å²) in [7, 11) is -3.52. The molecule has 1 fully saturated rings. The van der Waals surface area contributed by atoms with Gasteiger partial charge in [-0.1, -0.05) is 29.5 Å². The Hall–Kier alpha value is -1.97. The van der Waals surface area contributed by atoms with Gasteiger partial charge in [0.05, 0.1) is 10.6 Å². The van der Waals surface area contributed by atoms with Gasteiger partial charge in [-0.15, -0.1) is 0 Å². The number of rotatable bonds is 5. The predicted octanol–water partition coefficient (Wildman–Crippen LogP) is 2.03. The lowest BCUT2D eigenvalue weighted by Crippen LogP contribution is -2.50. The summed E-state index contributed by atoms with van der Waals surface area (Å²) in [6, 6.07) is 8.73. The van der Waals surface area contributed by atoms with E-state index in [1.165, 1.54) is 16.1 Å². The van der Waals surface area contributed by atoms with Crippen LogP contribution < -0.4 is 0 Å². The van der Waals surface area contributed by atoms with Gasteiger partial charge in [0.15, 0.2) is 5.16 Å². The number of benzene rings is 1. The van der Waals surface area contributed by atoms with Crippen LogP contribution in [0.3, 0.4) is 0 Å². The highest BCUT2D eigenvalue weighted by atomic mass is 32.2. The van der Waals surface area contributed by atoms with Crippen molar-refractivity contribution in [3.05, 3.63) is 47.3 Å². The van der Waals surface area contributed by atoms with Crippen molar-refractivity contribution in [2.45, 2.75) is 30.8 Å². The molecule has 2 aromatic rings. The van der Waals surface area contributed by atoms with Crippen LogP contribution in [0.5, 0.6) is 0 Å². The van der Waals surface area contributed by atoms with Crippen LogP contribution in [0.4, 0.5) is 0 Å². The van der Waals surface area contributed by atoms with E-state index in [0.29, 0.717) is 36.2 Å². The lowest BCUT2D eigenvalue weighted by molar-refractivity contribution is -0.129. The number of carbonyl (C=O) groups excluding carboxylic acids is 1. The number of nitrogens with zero attached hydrogens (tertiary/aromatic N) is 4. The number of hydrogen-bond acceptors (Lipinski definition) is 6. The van der Waals surface area contributed by atoms with Gasteiger partial charge in [-0.2, -0.15) is 4.31 Å². The van der Waals surface area contributed by atoms with Crippen molar-refractivity contribution >= 4 is 27.7 Å². The Morgan fingerprint density at radius 1 is 1.00 bits per heavy atom. The molecule has 0 aliphatic carbocycles. The van der Waals surface area contributed by atoms with Crippen LogP contribution in [0.25, 0.3) is 0 Å². The van der Waals surface area contributed by atoms with Crippen LogP contribution in [0.1, 0.15) is 17.0 Å². The van der Waals surface area contributed by atoms with Crippen molar-refractivity contribution in [1.82, 2.24) is 19.2 Å². The van der Waals surface area contributed by atoms with Gasteiger partial charge in [-0.3, -0.25) is 4.79 Å². The van der Waals surface area contributed by atoms with Crippen molar-refractivity contribution in [3.8, 4) is 0 Å². The topological polar surface area (TPSA) is 83.5 Å². The number of carbonyl (C=O) groups is 1. The Labute approximate surface area is 170 Å². The number of piperazine rings is 1. The third-order valence-corrected chi connectivity index (χ3v) is 7.28. The van der Waals surface area contributed by atoms with E-state index in [-0.39, 0.29) is 11.7 Å². The van der Waals surface area contributed by atoms with Gasteiger partial charge in [0.2, 0.25) is 15.9 Å². The van der Waals surface area contributed by atoms with Gasteiger partial charge >= 0.3 is 0 Å². The molecule has 1 saturated heterocycles. The first-order chi connectivity index (χ1) is 13.3. The number of aryl methyl sites for hydroxylation is 3. The summed E-state index contributed by atoms with van der Waals surface area (Å²) in [4.78, 5) is 23.1. The molecule has 0 N–H and O–H groups in total. The average Bonchev–Trinajstić information content (AvgIpc) is 2.66. The molecular weight excluding hydrogens is 396 g/mol. The zero-order valence-corrected chi connectivity index (χ0v) is 17.9. The Kier molecular flexibility index (Phi) is 6.36. The summed E-state index contributed by atoms with van der Waals surface area (Å²) in [5.41, 5.74) is 2.76. The second-order valence-electron chi connectivity index (χ2n) is 6.82. The minimum absolute atomic E-state index is 0.0276. The Morgan fingerprint density at radius 2 is 1.57 bits per heavy atom. The summed E-state index contributed by atoms with van der Waals surface area (Å²) in [5.74, 6) is 0.216. The summed E-state index contributed by atoms with van der Waals surface area (Å²) in [6.07, 6.45) is 0. The van der Waals surface area contributed by atoms with E-state index in [2.05, 4.69) is 9.97 Å². The van der Waals surface area contributed by atoms with Crippen LogP contribution in [0.15, 0.2) is 40.4 Å². The van der Waals surface area contributed by atoms with Gasteiger partial charge < -0.3 is 4.90 Å². The predicted molar refractivity (Wildman–Crippen MR) is 109 cm³/mol. The molecule has 0 bridgehead atoms. The molecule has 0 saturated carbocycles. The van der Waals surface area contributed by atoms with Gasteiger partial charge in [0.25, 0.3) is 0 Å². The molecule has 9 heteroatoms. The minimum atomic E-state index is -3.52. The van der Waals surface area contributed by atoms with Gasteiger partial charge in [0.1, 0.15) is 0 Å². The number of aromatic nitrogens is 2. The van der Waals surface area contributed by atoms with Crippen LogP contribution in [-0.2, 0) is 14.8 Å². The minimum Gasteiger partial charge on any atom is -0.339 e. The molecule has 3 rings (SSSR count). The van der Waals surface area contributed by atoms with Gasteiger partial charge in [-0.25, -0.2) is 18.4 Å². The van der Waals surface area contributed by atoms with E-state index in [4.69, 9.17) is 0 Å². The summed E-state index contributed by atoms with van der Waals surface area (Å²) < 4.78 is 26.9. The molecule has 28 heavy (non-hydrogen) atoms. The lowest BCUT2D eigenvalue weighted by Gasteiger charge is -2.34. The Morgan fingerprint density at radius 3 is 2.14 bits per heavy atom. The molecule has 1 aromatic carbocycles. The molecular formula is C19H24N4O3S2. The quantitative estimate of drug-likeness (QED) is 0.544. The van der Waals surface area contributed by atoms with Crippen molar-refractivity contribution in [1.29, 1.82) is 0 Å². The Bertz CT molecular complexity index is 933. The van der Waals surface area contributed by atoms with E-state index in [1.807, 2.05) is 26.8 Å². The third-order valence-electron chi connectivity index (χ3n) is 4.54. The molecule has 0 spiro atoms. The highest BCUT2D eigenvalue weighted by molar-refractivity contribution is 7.99. The highest BCUT2D eigenvalue weighted by Crippen LogP contribution is 2.19. The van der Waals surface area contributed by atoms with E-state index >= 15 is 0 Å². The first kappa shape index (κ1) is 20.8. The fourth-order valence-corrected chi connectivity index (χ4v) is 5.29. The number of sulfonamides is 1. The molecule has 1 aliphatic heterocycles. The van der Waals surface area contributed by atoms with Crippen LogP contribution >= 0.6 is 11.8 Å². The molecule has 7 nitrogen and oxygen atoms in total. The van der Waals surface area contributed by atoms with Crippen molar-refractivity contribution in [2.24, 2.45) is 0 Å². The maximum absolute atomic E-state index is 12.8. The van der Waals surface area contributed by atoms with Gasteiger partial charge in [0, 0.05) is 37.6 Å². The fraction of sp³-hybridized carbons (Fsp3) is 0.421. The van der Waals surface area contributed by atoms with E-state index in [9.17, 15) is 13.2 Å². The number of thioether (sulfide) groups is 1. The van der Waals surface area contributed by atoms with Crippen LogP contribution in [-0.4, -0.2) is 65.4 Å². The summed E-state index contributed by atoms with van der Waals surface area (Å²) >= 11 is 1.31. The zero-order valence-electron chi connectivity index (χ0n) is 16.3. The Balaban J connectivity index is 1.55. The molecule has 1 amide bonds. The maximum Gasteiger partial charge on any atom is 0.243 e. The smallest absolute Gasteiger partial charge is 0.243 e. The van der Waals surface area contributed by atoms with E-state index in [0.717, 1.165) is 17.0 Å². The number of amides is 1. The van der Waals surface area contributed by atoms with Crippen LogP contribution in [0, 0.1) is 20.8 Å². The molecule has 1 aromatic heterocycles. The normalized spacial score (nSPS) is 15.6. The average molecular weight is 421 g/mol. The zero-order chi connectivity index (χ0) is 20.3. The van der Waals surface area contributed by atoms with Crippen molar-refractivity contribution in [3.63, 3.8) is 0 Å². The summed E-state index contributed by atoms with van der Waals surface area (Å²) in [5, 5.41) is 0.589. The molecule has 2 heterocycles. The standard InChI is InChI=1S/C19H24N4O3S2/c1-14-4-6-17(7-5-14)28(25,26)23-10-8-22(9-11-23)18(24)13-27-19-20-15(2)12-16(3)21-19/h4-7,12H,8-11,13H2,1-3H3. The first-order valence-corrected chi connectivity index (χ1v) is 11.5. The van der Waals surface area contributed by atoms with Crippen molar-refractivity contribution in [2.75, 3.05) is 31.9 Å². The molecule has 0 radical (unpaired) electrons. The van der Waals surface area contributed by atoms with Crippen LogP contribution in [0.2, 0.25) is 0 Å². The maximum atomic E-state index is 12.8. The van der Waals surface area contributed by atoms with Crippen molar-refractivity contribution < 1.29 is 13.2 Å². The first-order valence-electron chi connectivity index (χ1n) is 9.05.